The van der Waals surface area contributed by atoms with Gasteiger partial charge in [-0.15, -0.1) is 0 Å². The standard InChI is InChI=1S/C11H19ClSi/c1-8(2)13(9(3)4)11-7-5-6-10(11)12/h5,7-9,13H,6H2,1-4H3. The van der Waals surface area contributed by atoms with Gasteiger partial charge in [0.2, 0.25) is 0 Å². The third-order valence-electron chi connectivity index (χ3n) is 2.70. The summed E-state index contributed by atoms with van der Waals surface area (Å²) in [6.07, 6.45) is 5.43. The molecule has 0 atom stereocenters. The summed E-state index contributed by atoms with van der Waals surface area (Å²) in [6.45, 7) is 9.33. The van der Waals surface area contributed by atoms with Crippen LogP contribution >= 0.6 is 11.6 Å². The molecule has 0 aliphatic heterocycles. The molecular weight excluding hydrogens is 196 g/mol. The largest absolute Gasteiger partial charge is 0.0889 e. The van der Waals surface area contributed by atoms with Gasteiger partial charge < -0.3 is 0 Å². The third kappa shape index (κ3) is 2.47. The van der Waals surface area contributed by atoms with E-state index >= 15 is 0 Å². The first-order valence-electron chi connectivity index (χ1n) is 5.09. The minimum Gasteiger partial charge on any atom is -0.0889 e. The van der Waals surface area contributed by atoms with Gasteiger partial charge in [0.25, 0.3) is 0 Å². The Morgan fingerprint density at radius 3 is 2.08 bits per heavy atom. The molecular formula is C11H19ClSi. The van der Waals surface area contributed by atoms with Gasteiger partial charge in [-0.1, -0.05) is 51.4 Å². The highest BCUT2D eigenvalue weighted by Crippen LogP contribution is 2.34. The predicted molar refractivity (Wildman–Crippen MR) is 64.0 cm³/mol. The van der Waals surface area contributed by atoms with Crippen LogP contribution in [0.25, 0.3) is 0 Å². The number of allylic oxidation sites excluding steroid dienone is 4. The van der Waals surface area contributed by atoms with Gasteiger partial charge in [-0.25, -0.2) is 0 Å². The van der Waals surface area contributed by atoms with E-state index < -0.39 is 8.80 Å². The molecule has 0 aromatic carbocycles. The number of rotatable bonds is 3. The van der Waals surface area contributed by atoms with Crippen molar-refractivity contribution in [3.63, 3.8) is 0 Å². The molecule has 0 aromatic rings. The van der Waals surface area contributed by atoms with Crippen LogP contribution < -0.4 is 0 Å². The number of hydrogen-bond donors (Lipinski definition) is 0. The summed E-state index contributed by atoms with van der Waals surface area (Å²) in [6, 6.07) is 0. The average molecular weight is 215 g/mol. The van der Waals surface area contributed by atoms with E-state index in [1.807, 2.05) is 0 Å². The van der Waals surface area contributed by atoms with E-state index in [0.29, 0.717) is 0 Å². The molecule has 1 aliphatic carbocycles. The molecule has 0 spiro atoms. The fraction of sp³-hybridized carbons (Fsp3) is 0.636. The Balaban J connectivity index is 2.88. The maximum Gasteiger partial charge on any atom is 0.0773 e. The lowest BCUT2D eigenvalue weighted by Gasteiger charge is -2.24. The third-order valence-corrected chi connectivity index (χ3v) is 7.39. The zero-order chi connectivity index (χ0) is 10.0. The van der Waals surface area contributed by atoms with E-state index in [2.05, 4.69) is 39.8 Å². The second kappa shape index (κ2) is 4.47. The van der Waals surface area contributed by atoms with E-state index in [0.717, 1.165) is 22.5 Å². The van der Waals surface area contributed by atoms with Gasteiger partial charge in [-0.05, 0) is 16.3 Å². The number of hydrogen-bond acceptors (Lipinski definition) is 0. The molecule has 0 heterocycles. The minimum absolute atomic E-state index is 0.812. The summed E-state index contributed by atoms with van der Waals surface area (Å²) in [5.74, 6) is 0. The van der Waals surface area contributed by atoms with E-state index in [1.165, 1.54) is 5.20 Å². The van der Waals surface area contributed by atoms with Gasteiger partial charge in [-0.2, -0.15) is 0 Å². The Morgan fingerprint density at radius 2 is 1.77 bits per heavy atom. The molecule has 0 aromatic heterocycles. The first kappa shape index (κ1) is 11.1. The second-order valence-corrected chi connectivity index (χ2v) is 9.28. The smallest absolute Gasteiger partial charge is 0.0773 e. The first-order chi connectivity index (χ1) is 6.04. The molecule has 0 saturated carbocycles. The Hall–Kier alpha value is -0.0131. The van der Waals surface area contributed by atoms with Gasteiger partial charge in [0.05, 0.1) is 8.80 Å². The quantitative estimate of drug-likeness (QED) is 0.623. The van der Waals surface area contributed by atoms with E-state index in [9.17, 15) is 0 Å². The molecule has 0 saturated heterocycles. The lowest BCUT2D eigenvalue weighted by molar-refractivity contribution is 0.945. The van der Waals surface area contributed by atoms with Crippen LogP contribution in [0.3, 0.4) is 0 Å². The van der Waals surface area contributed by atoms with Crippen LogP contribution in [-0.4, -0.2) is 8.80 Å². The van der Waals surface area contributed by atoms with Crippen molar-refractivity contribution in [3.8, 4) is 0 Å². The van der Waals surface area contributed by atoms with Crippen LogP contribution in [0.15, 0.2) is 22.4 Å². The molecule has 74 valence electrons. The Labute approximate surface area is 88.3 Å². The predicted octanol–water partition coefficient (Wildman–Crippen LogP) is 4.03. The van der Waals surface area contributed by atoms with Gasteiger partial charge in [0.1, 0.15) is 0 Å². The Bertz CT molecular complexity index is 230. The van der Waals surface area contributed by atoms with Crippen molar-refractivity contribution in [2.75, 3.05) is 0 Å². The fourth-order valence-corrected chi connectivity index (χ4v) is 6.62. The highest BCUT2D eigenvalue weighted by atomic mass is 35.5. The Morgan fingerprint density at radius 1 is 1.23 bits per heavy atom. The van der Waals surface area contributed by atoms with E-state index in [-0.39, 0.29) is 0 Å². The SMILES string of the molecule is CC(C)[SiH](C1=C(Cl)CC=C1)C(C)C. The molecule has 0 unspecified atom stereocenters. The van der Waals surface area contributed by atoms with Gasteiger partial charge in [-0.3, -0.25) is 0 Å². The topological polar surface area (TPSA) is 0 Å². The van der Waals surface area contributed by atoms with E-state index in [4.69, 9.17) is 11.6 Å². The molecule has 1 aliphatic rings. The molecule has 2 heteroatoms. The minimum atomic E-state index is -0.830. The monoisotopic (exact) mass is 214 g/mol. The van der Waals surface area contributed by atoms with Crippen LogP contribution in [0.1, 0.15) is 34.1 Å². The zero-order valence-corrected chi connectivity index (χ0v) is 10.9. The summed E-state index contributed by atoms with van der Waals surface area (Å²) in [7, 11) is -0.830. The molecule has 0 N–H and O–H groups in total. The van der Waals surface area contributed by atoms with Crippen molar-refractivity contribution in [2.45, 2.75) is 45.2 Å². The van der Waals surface area contributed by atoms with Gasteiger partial charge in [0, 0.05) is 11.5 Å². The summed E-state index contributed by atoms with van der Waals surface area (Å²) in [4.78, 5) is 0. The van der Waals surface area contributed by atoms with Crippen LogP contribution in [0, 0.1) is 0 Å². The maximum absolute atomic E-state index is 6.21. The maximum atomic E-state index is 6.21. The molecule has 13 heavy (non-hydrogen) atoms. The highest BCUT2D eigenvalue weighted by Gasteiger charge is 2.25. The van der Waals surface area contributed by atoms with Gasteiger partial charge >= 0.3 is 0 Å². The van der Waals surface area contributed by atoms with Gasteiger partial charge in [0.15, 0.2) is 0 Å². The summed E-state index contributed by atoms with van der Waals surface area (Å²) in [5, 5.41) is 2.62. The van der Waals surface area contributed by atoms with E-state index in [1.54, 1.807) is 0 Å². The Kier molecular flexibility index (Phi) is 3.81. The normalized spacial score (nSPS) is 17.2. The lowest BCUT2D eigenvalue weighted by Crippen LogP contribution is -2.23. The van der Waals surface area contributed by atoms with Crippen molar-refractivity contribution < 1.29 is 0 Å². The molecule has 1 rings (SSSR count). The summed E-state index contributed by atoms with van der Waals surface area (Å²) < 4.78 is 0. The number of halogens is 1. The summed E-state index contributed by atoms with van der Waals surface area (Å²) >= 11 is 6.21. The van der Waals surface area contributed by atoms with Crippen molar-refractivity contribution in [1.29, 1.82) is 0 Å². The lowest BCUT2D eigenvalue weighted by atomic mass is 10.5. The van der Waals surface area contributed by atoms with Crippen molar-refractivity contribution >= 4 is 20.4 Å². The van der Waals surface area contributed by atoms with Crippen LogP contribution in [0.5, 0.6) is 0 Å². The highest BCUT2D eigenvalue weighted by molar-refractivity contribution is 6.71. The molecule has 0 radical (unpaired) electrons. The first-order valence-corrected chi connectivity index (χ1v) is 7.38. The van der Waals surface area contributed by atoms with Crippen molar-refractivity contribution in [2.24, 2.45) is 0 Å². The molecule has 0 fully saturated rings. The second-order valence-electron chi connectivity index (χ2n) is 4.48. The van der Waals surface area contributed by atoms with Crippen LogP contribution in [0.4, 0.5) is 0 Å². The van der Waals surface area contributed by atoms with Crippen LogP contribution in [-0.2, 0) is 0 Å². The fourth-order valence-electron chi connectivity index (χ4n) is 2.28. The molecule has 0 amide bonds. The average Bonchev–Trinajstić information content (AvgIpc) is 2.35. The molecule has 0 nitrogen and oxygen atoms in total. The summed E-state index contributed by atoms with van der Waals surface area (Å²) in [5.41, 5.74) is 1.62. The molecule has 0 bridgehead atoms. The van der Waals surface area contributed by atoms with Crippen LogP contribution in [0.2, 0.25) is 11.1 Å². The van der Waals surface area contributed by atoms with Crippen molar-refractivity contribution in [3.05, 3.63) is 22.4 Å². The van der Waals surface area contributed by atoms with Crippen molar-refractivity contribution in [1.82, 2.24) is 0 Å². The zero-order valence-electron chi connectivity index (χ0n) is 8.97.